The molecule has 0 bridgehead atoms. The Morgan fingerprint density at radius 2 is 1.70 bits per heavy atom. The van der Waals surface area contributed by atoms with Gasteiger partial charge >= 0.3 is 6.18 Å². The molecule has 4 rings (SSSR count). The Balaban J connectivity index is 1.83. The minimum absolute atomic E-state index is 0.634. The van der Waals surface area contributed by atoms with E-state index in [2.05, 4.69) is 28.9 Å². The molecule has 3 aromatic rings. The van der Waals surface area contributed by atoms with Crippen molar-refractivity contribution in [1.29, 1.82) is 0 Å². The van der Waals surface area contributed by atoms with E-state index in [1.54, 1.807) is 0 Å². The van der Waals surface area contributed by atoms with E-state index in [0.29, 0.717) is 13.1 Å². The van der Waals surface area contributed by atoms with Gasteiger partial charge in [-0.15, -0.1) is 0 Å². The van der Waals surface area contributed by atoms with Crippen molar-refractivity contribution >= 4 is 21.8 Å². The molecule has 1 atom stereocenters. The van der Waals surface area contributed by atoms with Gasteiger partial charge < -0.3 is 9.88 Å². The normalized spacial score (nSPS) is 17.6. The summed E-state index contributed by atoms with van der Waals surface area (Å²) >= 11 is 0. The fourth-order valence-electron chi connectivity index (χ4n) is 4.29. The number of halogens is 3. The summed E-state index contributed by atoms with van der Waals surface area (Å²) in [7, 11) is 0. The van der Waals surface area contributed by atoms with Crippen molar-refractivity contribution < 1.29 is 13.2 Å². The van der Waals surface area contributed by atoms with E-state index in [4.69, 9.17) is 0 Å². The number of para-hydroxylation sites is 1. The standard InChI is InChI=1S/C21H24F3N3/c1-2-27-18-6-4-3-5-16(18)17-13-15(7-8-19(17)27)20(14-21(22,23)24)26-11-9-25-10-12-26/h3-8,13,20,25H,2,9-12,14H2,1H3/t20-/m1/s1. The van der Waals surface area contributed by atoms with Crippen LogP contribution in [0.3, 0.4) is 0 Å². The van der Waals surface area contributed by atoms with Gasteiger partial charge in [0, 0.05) is 60.6 Å². The SMILES string of the molecule is CCn1c2ccccc2c2cc([C@@H](CC(F)(F)F)N3CCNCC3)ccc21. The first-order valence-corrected chi connectivity index (χ1v) is 9.50. The van der Waals surface area contributed by atoms with Crippen LogP contribution >= 0.6 is 0 Å². The highest BCUT2D eigenvalue weighted by atomic mass is 19.4. The number of piperazine rings is 1. The molecule has 0 amide bonds. The largest absolute Gasteiger partial charge is 0.390 e. The number of nitrogens with one attached hydrogen (secondary N) is 1. The highest BCUT2D eigenvalue weighted by Crippen LogP contribution is 2.37. The first kappa shape index (κ1) is 18.3. The average molecular weight is 375 g/mol. The maximum Gasteiger partial charge on any atom is 0.390 e. The summed E-state index contributed by atoms with van der Waals surface area (Å²) in [6, 6.07) is 13.3. The summed E-state index contributed by atoms with van der Waals surface area (Å²) in [4.78, 5) is 1.96. The second kappa shape index (κ2) is 7.17. The van der Waals surface area contributed by atoms with Crippen LogP contribution in [-0.2, 0) is 6.54 Å². The molecule has 27 heavy (non-hydrogen) atoms. The lowest BCUT2D eigenvalue weighted by Crippen LogP contribution is -2.46. The molecular weight excluding hydrogens is 351 g/mol. The zero-order valence-electron chi connectivity index (χ0n) is 15.4. The van der Waals surface area contributed by atoms with Crippen molar-refractivity contribution in [3.8, 4) is 0 Å². The minimum Gasteiger partial charge on any atom is -0.341 e. The molecule has 1 N–H and O–H groups in total. The lowest BCUT2D eigenvalue weighted by molar-refractivity contribution is -0.148. The molecule has 3 nitrogen and oxygen atoms in total. The molecule has 1 aliphatic rings. The molecule has 0 aliphatic carbocycles. The molecule has 144 valence electrons. The van der Waals surface area contributed by atoms with Gasteiger partial charge in [-0.2, -0.15) is 13.2 Å². The second-order valence-electron chi connectivity index (χ2n) is 7.16. The van der Waals surface area contributed by atoms with Crippen LogP contribution in [0.25, 0.3) is 21.8 Å². The Morgan fingerprint density at radius 1 is 1.00 bits per heavy atom. The Bertz CT molecular complexity index is 939. The van der Waals surface area contributed by atoms with Crippen molar-refractivity contribution in [2.24, 2.45) is 0 Å². The van der Waals surface area contributed by atoms with Gasteiger partial charge in [-0.3, -0.25) is 4.90 Å². The van der Waals surface area contributed by atoms with E-state index in [0.717, 1.165) is 47.0 Å². The van der Waals surface area contributed by atoms with Gasteiger partial charge in [0.05, 0.1) is 6.42 Å². The molecule has 2 aromatic carbocycles. The van der Waals surface area contributed by atoms with Crippen molar-refractivity contribution in [3.05, 3.63) is 48.0 Å². The van der Waals surface area contributed by atoms with Gasteiger partial charge in [-0.25, -0.2) is 0 Å². The highest BCUT2D eigenvalue weighted by Gasteiger charge is 2.36. The quantitative estimate of drug-likeness (QED) is 0.712. The van der Waals surface area contributed by atoms with Gasteiger partial charge in [0.1, 0.15) is 0 Å². The van der Waals surface area contributed by atoms with E-state index in [1.165, 1.54) is 0 Å². The third-order valence-electron chi connectivity index (χ3n) is 5.51. The van der Waals surface area contributed by atoms with Crippen molar-refractivity contribution in [2.45, 2.75) is 32.1 Å². The minimum atomic E-state index is -4.19. The predicted molar refractivity (Wildman–Crippen MR) is 103 cm³/mol. The summed E-state index contributed by atoms with van der Waals surface area (Å²) < 4.78 is 42.2. The molecule has 0 spiro atoms. The Labute approximate surface area is 156 Å². The van der Waals surface area contributed by atoms with Gasteiger partial charge in [-0.1, -0.05) is 24.3 Å². The molecule has 6 heteroatoms. The molecule has 1 aliphatic heterocycles. The zero-order valence-corrected chi connectivity index (χ0v) is 15.4. The number of hydrogen-bond acceptors (Lipinski definition) is 2. The lowest BCUT2D eigenvalue weighted by Gasteiger charge is -2.35. The Morgan fingerprint density at radius 3 is 2.41 bits per heavy atom. The number of benzene rings is 2. The van der Waals surface area contributed by atoms with Crippen LogP contribution in [0.2, 0.25) is 0 Å². The fraction of sp³-hybridized carbons (Fsp3) is 0.429. The van der Waals surface area contributed by atoms with Crippen LogP contribution in [0.5, 0.6) is 0 Å². The van der Waals surface area contributed by atoms with Crippen LogP contribution in [0.1, 0.15) is 24.9 Å². The van der Waals surface area contributed by atoms with E-state index in [-0.39, 0.29) is 0 Å². The van der Waals surface area contributed by atoms with E-state index in [9.17, 15) is 13.2 Å². The van der Waals surface area contributed by atoms with Crippen LogP contribution in [0, 0.1) is 0 Å². The molecule has 2 heterocycles. The first-order chi connectivity index (χ1) is 13.0. The highest BCUT2D eigenvalue weighted by molar-refractivity contribution is 6.08. The van der Waals surface area contributed by atoms with Crippen LogP contribution < -0.4 is 5.32 Å². The maximum atomic E-state index is 13.3. The number of nitrogens with zero attached hydrogens (tertiary/aromatic N) is 2. The molecule has 1 aromatic heterocycles. The van der Waals surface area contributed by atoms with Gasteiger partial charge in [-0.05, 0) is 30.7 Å². The van der Waals surface area contributed by atoms with Gasteiger partial charge in [0.25, 0.3) is 0 Å². The summed E-state index contributed by atoms with van der Waals surface area (Å²) in [5.41, 5.74) is 2.95. The monoisotopic (exact) mass is 375 g/mol. The topological polar surface area (TPSA) is 20.2 Å². The number of rotatable bonds is 4. The van der Waals surface area contributed by atoms with E-state index in [1.807, 2.05) is 35.2 Å². The maximum absolute atomic E-state index is 13.3. The predicted octanol–water partition coefficient (Wildman–Crippen LogP) is 4.71. The summed E-state index contributed by atoms with van der Waals surface area (Å²) in [5.74, 6) is 0. The number of alkyl halides is 3. The summed E-state index contributed by atoms with van der Waals surface area (Å²) in [6.07, 6.45) is -5.01. The Kier molecular flexibility index (Phi) is 4.86. The average Bonchev–Trinajstić information content (AvgIpc) is 2.99. The molecular formula is C21H24F3N3. The van der Waals surface area contributed by atoms with Crippen molar-refractivity contribution in [1.82, 2.24) is 14.8 Å². The molecule has 1 fully saturated rings. The molecule has 0 unspecified atom stereocenters. The number of hydrogen-bond donors (Lipinski definition) is 1. The van der Waals surface area contributed by atoms with Crippen LogP contribution in [0.4, 0.5) is 13.2 Å². The fourth-order valence-corrected chi connectivity index (χ4v) is 4.29. The number of fused-ring (bicyclic) bond motifs is 3. The molecule has 0 saturated carbocycles. The molecule has 0 radical (unpaired) electrons. The zero-order chi connectivity index (χ0) is 19.0. The second-order valence-corrected chi connectivity index (χ2v) is 7.16. The Hall–Kier alpha value is -2.05. The van der Waals surface area contributed by atoms with E-state index >= 15 is 0 Å². The number of aromatic nitrogens is 1. The first-order valence-electron chi connectivity index (χ1n) is 9.50. The summed E-state index contributed by atoms with van der Waals surface area (Å²) in [5, 5.41) is 5.36. The lowest BCUT2D eigenvalue weighted by atomic mass is 9.98. The smallest absolute Gasteiger partial charge is 0.341 e. The van der Waals surface area contributed by atoms with Crippen molar-refractivity contribution in [3.63, 3.8) is 0 Å². The third-order valence-corrected chi connectivity index (χ3v) is 5.51. The van der Waals surface area contributed by atoms with Gasteiger partial charge in [0.2, 0.25) is 0 Å². The van der Waals surface area contributed by atoms with E-state index < -0.39 is 18.6 Å². The van der Waals surface area contributed by atoms with Crippen LogP contribution in [0.15, 0.2) is 42.5 Å². The van der Waals surface area contributed by atoms with Crippen LogP contribution in [-0.4, -0.2) is 41.8 Å². The third kappa shape index (κ3) is 3.56. The van der Waals surface area contributed by atoms with Crippen molar-refractivity contribution in [2.75, 3.05) is 26.2 Å². The van der Waals surface area contributed by atoms with Gasteiger partial charge in [0.15, 0.2) is 0 Å². The number of aryl methyl sites for hydroxylation is 1. The summed E-state index contributed by atoms with van der Waals surface area (Å²) in [6.45, 7) is 5.64. The molecule has 1 saturated heterocycles.